The molecule has 0 aromatic heterocycles. The Hall–Kier alpha value is -1.75. The number of nitrogens with zero attached hydrogens (tertiary/aromatic N) is 2. The molecule has 2 rings (SSSR count). The number of carbonyl (C=O) groups is 2. The number of halogens is 1. The van der Waals surface area contributed by atoms with Crippen molar-refractivity contribution >= 4 is 29.1 Å². The third-order valence-corrected chi connectivity index (χ3v) is 4.18. The van der Waals surface area contributed by atoms with Crippen LogP contribution >= 0.6 is 11.6 Å². The molecule has 0 unspecified atom stereocenters. The number of amides is 2. The first kappa shape index (κ1) is 15.6. The van der Waals surface area contributed by atoms with Gasteiger partial charge in [0.2, 0.25) is 11.8 Å². The number of benzene rings is 1. The van der Waals surface area contributed by atoms with Crippen LogP contribution in [-0.4, -0.2) is 54.3 Å². The first-order chi connectivity index (χ1) is 9.99. The Labute approximate surface area is 129 Å². The number of rotatable bonds is 3. The zero-order chi connectivity index (χ0) is 15.4. The van der Waals surface area contributed by atoms with Crippen LogP contribution in [0.15, 0.2) is 18.2 Å². The van der Waals surface area contributed by atoms with Gasteiger partial charge in [-0.25, -0.2) is 0 Å². The van der Waals surface area contributed by atoms with Crippen LogP contribution in [0.1, 0.15) is 12.5 Å². The molecule has 6 heteroatoms. The number of nitrogens with one attached hydrogen (secondary N) is 1. The molecular weight excluding hydrogens is 290 g/mol. The molecule has 5 nitrogen and oxygen atoms in total. The van der Waals surface area contributed by atoms with Crippen LogP contribution < -0.4 is 5.32 Å². The summed E-state index contributed by atoms with van der Waals surface area (Å²) in [4.78, 5) is 27.0. The fourth-order valence-corrected chi connectivity index (χ4v) is 2.53. The zero-order valence-corrected chi connectivity index (χ0v) is 13.1. The lowest BCUT2D eigenvalue weighted by molar-refractivity contribution is -0.137. The maximum Gasteiger partial charge on any atom is 0.241 e. The van der Waals surface area contributed by atoms with Crippen LogP contribution in [0.2, 0.25) is 5.02 Å². The van der Waals surface area contributed by atoms with Gasteiger partial charge >= 0.3 is 0 Å². The van der Waals surface area contributed by atoms with Crippen molar-refractivity contribution in [3.8, 4) is 0 Å². The third-order valence-electron chi connectivity index (χ3n) is 3.78. The van der Waals surface area contributed by atoms with E-state index in [0.29, 0.717) is 31.2 Å². The highest BCUT2D eigenvalue weighted by molar-refractivity contribution is 6.31. The van der Waals surface area contributed by atoms with E-state index in [2.05, 4.69) is 5.32 Å². The minimum Gasteiger partial charge on any atom is -0.376 e. The van der Waals surface area contributed by atoms with E-state index < -0.39 is 0 Å². The van der Waals surface area contributed by atoms with Gasteiger partial charge in [0.25, 0.3) is 0 Å². The van der Waals surface area contributed by atoms with Crippen LogP contribution in [0.3, 0.4) is 0 Å². The van der Waals surface area contributed by atoms with Crippen molar-refractivity contribution < 1.29 is 9.59 Å². The fraction of sp³-hybridized carbons (Fsp3) is 0.467. The van der Waals surface area contributed by atoms with E-state index in [4.69, 9.17) is 11.6 Å². The van der Waals surface area contributed by atoms with Crippen LogP contribution in [-0.2, 0) is 9.59 Å². The Balaban J connectivity index is 1.85. The maximum absolute atomic E-state index is 12.2. The summed E-state index contributed by atoms with van der Waals surface area (Å²) in [5.41, 5.74) is 1.81. The van der Waals surface area contributed by atoms with E-state index in [1.165, 1.54) is 0 Å². The summed E-state index contributed by atoms with van der Waals surface area (Å²) in [6.45, 7) is 6.11. The topological polar surface area (TPSA) is 52.7 Å². The molecule has 1 fully saturated rings. The predicted molar refractivity (Wildman–Crippen MR) is 83.5 cm³/mol. The molecule has 1 heterocycles. The van der Waals surface area contributed by atoms with E-state index in [0.717, 1.165) is 11.3 Å². The molecular formula is C15H20ClN3O2. The summed E-state index contributed by atoms with van der Waals surface area (Å²) in [5, 5.41) is 3.81. The van der Waals surface area contributed by atoms with E-state index in [-0.39, 0.29) is 18.4 Å². The highest BCUT2D eigenvalue weighted by Crippen LogP contribution is 2.22. The van der Waals surface area contributed by atoms with Crippen LogP contribution in [0.25, 0.3) is 0 Å². The third kappa shape index (κ3) is 3.88. The molecule has 1 aromatic carbocycles. The lowest BCUT2D eigenvalue weighted by Gasteiger charge is -2.34. The molecule has 0 atom stereocenters. The predicted octanol–water partition coefficient (Wildman–Crippen LogP) is 1.75. The number of carbonyl (C=O) groups excluding carboxylic acids is 2. The van der Waals surface area contributed by atoms with Crippen molar-refractivity contribution in [2.75, 3.05) is 38.0 Å². The molecule has 1 aliphatic heterocycles. The highest BCUT2D eigenvalue weighted by Gasteiger charge is 2.22. The van der Waals surface area contributed by atoms with Gasteiger partial charge in [-0.15, -0.1) is 0 Å². The van der Waals surface area contributed by atoms with Crippen molar-refractivity contribution in [3.05, 3.63) is 28.8 Å². The number of piperazine rings is 1. The minimum atomic E-state index is 0.0394. The van der Waals surface area contributed by atoms with Gasteiger partial charge in [0.05, 0.1) is 6.54 Å². The summed E-state index contributed by atoms with van der Waals surface area (Å²) in [7, 11) is 0. The standard InChI is InChI=1S/C15H20ClN3O2/c1-11-13(16)4-3-5-14(11)17-10-15(21)19-8-6-18(7-9-19)12(2)20/h3-5,17H,6-10H2,1-2H3. The molecule has 1 N–H and O–H groups in total. The summed E-state index contributed by atoms with van der Waals surface area (Å²) >= 11 is 6.05. The second kappa shape index (κ2) is 6.80. The Morgan fingerprint density at radius 3 is 2.43 bits per heavy atom. The first-order valence-electron chi connectivity index (χ1n) is 7.01. The van der Waals surface area contributed by atoms with Gasteiger partial charge in [0.15, 0.2) is 0 Å². The number of hydrogen-bond donors (Lipinski definition) is 1. The van der Waals surface area contributed by atoms with Gasteiger partial charge in [0, 0.05) is 43.8 Å². The molecule has 0 radical (unpaired) electrons. The molecule has 0 bridgehead atoms. The van der Waals surface area contributed by atoms with Gasteiger partial charge in [-0.1, -0.05) is 17.7 Å². The molecule has 1 saturated heterocycles. The van der Waals surface area contributed by atoms with Gasteiger partial charge in [0.1, 0.15) is 0 Å². The summed E-state index contributed by atoms with van der Waals surface area (Å²) in [6.07, 6.45) is 0. The lowest BCUT2D eigenvalue weighted by Crippen LogP contribution is -2.51. The van der Waals surface area contributed by atoms with Gasteiger partial charge < -0.3 is 15.1 Å². The Morgan fingerprint density at radius 1 is 1.19 bits per heavy atom. The van der Waals surface area contributed by atoms with Crippen molar-refractivity contribution in [1.29, 1.82) is 0 Å². The first-order valence-corrected chi connectivity index (χ1v) is 7.39. The quantitative estimate of drug-likeness (QED) is 0.925. The van der Waals surface area contributed by atoms with Crippen LogP contribution in [0, 0.1) is 6.92 Å². The minimum absolute atomic E-state index is 0.0394. The highest BCUT2D eigenvalue weighted by atomic mass is 35.5. The Bertz CT molecular complexity index is 540. The number of hydrogen-bond acceptors (Lipinski definition) is 3. The second-order valence-electron chi connectivity index (χ2n) is 5.15. The second-order valence-corrected chi connectivity index (χ2v) is 5.56. The Kier molecular flexibility index (Phi) is 5.07. The van der Waals surface area contributed by atoms with Crippen molar-refractivity contribution in [3.63, 3.8) is 0 Å². The van der Waals surface area contributed by atoms with Crippen molar-refractivity contribution in [2.45, 2.75) is 13.8 Å². The number of anilines is 1. The normalized spacial score (nSPS) is 15.0. The van der Waals surface area contributed by atoms with Gasteiger partial charge in [-0.2, -0.15) is 0 Å². The SMILES string of the molecule is CC(=O)N1CCN(C(=O)CNc2cccc(Cl)c2C)CC1. The average molecular weight is 310 g/mol. The Morgan fingerprint density at radius 2 is 1.81 bits per heavy atom. The van der Waals surface area contributed by atoms with E-state index in [9.17, 15) is 9.59 Å². The molecule has 114 valence electrons. The maximum atomic E-state index is 12.2. The monoisotopic (exact) mass is 309 g/mol. The average Bonchev–Trinajstić information content (AvgIpc) is 2.48. The van der Waals surface area contributed by atoms with Crippen molar-refractivity contribution in [2.24, 2.45) is 0 Å². The van der Waals surface area contributed by atoms with Crippen LogP contribution in [0.4, 0.5) is 5.69 Å². The fourth-order valence-electron chi connectivity index (χ4n) is 2.35. The zero-order valence-electron chi connectivity index (χ0n) is 12.4. The molecule has 0 saturated carbocycles. The lowest BCUT2D eigenvalue weighted by atomic mass is 10.2. The molecule has 0 spiro atoms. The molecule has 2 amide bonds. The van der Waals surface area contributed by atoms with Crippen LogP contribution in [0.5, 0.6) is 0 Å². The van der Waals surface area contributed by atoms with E-state index >= 15 is 0 Å². The van der Waals surface area contributed by atoms with Gasteiger partial charge in [-0.3, -0.25) is 9.59 Å². The molecule has 1 aliphatic rings. The van der Waals surface area contributed by atoms with Gasteiger partial charge in [-0.05, 0) is 24.6 Å². The summed E-state index contributed by atoms with van der Waals surface area (Å²) < 4.78 is 0. The largest absolute Gasteiger partial charge is 0.376 e. The molecule has 21 heavy (non-hydrogen) atoms. The van der Waals surface area contributed by atoms with Crippen molar-refractivity contribution in [1.82, 2.24) is 9.80 Å². The molecule has 1 aromatic rings. The van der Waals surface area contributed by atoms with E-state index in [1.54, 1.807) is 16.7 Å². The molecule has 0 aliphatic carbocycles. The van der Waals surface area contributed by atoms with E-state index in [1.807, 2.05) is 25.1 Å². The summed E-state index contributed by atoms with van der Waals surface area (Å²) in [5.74, 6) is 0.104. The summed E-state index contributed by atoms with van der Waals surface area (Å²) in [6, 6.07) is 5.58. The smallest absolute Gasteiger partial charge is 0.241 e.